The summed E-state index contributed by atoms with van der Waals surface area (Å²) in [5, 5.41) is 0. The summed E-state index contributed by atoms with van der Waals surface area (Å²) in [6.45, 7) is 20.7. The summed E-state index contributed by atoms with van der Waals surface area (Å²) >= 11 is 0. The van der Waals surface area contributed by atoms with E-state index in [1.54, 1.807) is 5.57 Å². The van der Waals surface area contributed by atoms with E-state index in [0.717, 1.165) is 31.1 Å². The Hall–Kier alpha value is -0.560. The highest BCUT2D eigenvalue weighted by Crippen LogP contribution is 2.54. The van der Waals surface area contributed by atoms with Crippen molar-refractivity contribution < 1.29 is 0 Å². The van der Waals surface area contributed by atoms with Crippen LogP contribution in [0.2, 0.25) is 0 Å². The molecule has 0 aromatic rings. The van der Waals surface area contributed by atoms with Crippen LogP contribution >= 0.6 is 0 Å². The number of allylic oxidation sites excluding steroid dienone is 4. The molecular formula is C23H43N. The molecule has 1 heteroatoms. The molecule has 24 heavy (non-hydrogen) atoms. The average molecular weight is 334 g/mol. The molecule has 1 fully saturated rings. The highest BCUT2D eigenvalue weighted by molar-refractivity contribution is 5.28. The number of hydrogen-bond donors (Lipinski definition) is 1. The molecule has 1 aliphatic carbocycles. The molecule has 1 aliphatic rings. The van der Waals surface area contributed by atoms with Crippen molar-refractivity contribution in [1.82, 2.24) is 0 Å². The lowest BCUT2D eigenvalue weighted by Crippen LogP contribution is -2.37. The molecular weight excluding hydrogens is 290 g/mol. The van der Waals surface area contributed by atoms with E-state index in [0.29, 0.717) is 16.7 Å². The van der Waals surface area contributed by atoms with Crippen molar-refractivity contribution in [2.45, 2.75) is 93.5 Å². The summed E-state index contributed by atoms with van der Waals surface area (Å²) in [6.07, 6.45) is 12.0. The molecule has 0 bridgehead atoms. The molecule has 0 heterocycles. The van der Waals surface area contributed by atoms with Crippen molar-refractivity contribution in [1.29, 1.82) is 0 Å². The van der Waals surface area contributed by atoms with Crippen molar-refractivity contribution in [3.05, 3.63) is 23.8 Å². The van der Waals surface area contributed by atoms with Crippen LogP contribution in [-0.4, -0.2) is 5.54 Å². The zero-order chi connectivity index (χ0) is 18.8. The molecule has 140 valence electrons. The van der Waals surface area contributed by atoms with Crippen LogP contribution in [0.25, 0.3) is 0 Å². The van der Waals surface area contributed by atoms with Crippen molar-refractivity contribution in [2.24, 2.45) is 34.3 Å². The van der Waals surface area contributed by atoms with Gasteiger partial charge in [0.2, 0.25) is 0 Å². The largest absolute Gasteiger partial charge is 0.326 e. The molecule has 0 saturated heterocycles. The first-order valence-electron chi connectivity index (χ1n) is 9.91. The van der Waals surface area contributed by atoms with Gasteiger partial charge in [0.1, 0.15) is 0 Å². The van der Waals surface area contributed by atoms with Gasteiger partial charge >= 0.3 is 0 Å². The zero-order valence-electron chi connectivity index (χ0n) is 17.9. The number of nitrogens with two attached hydrogens (primary N) is 1. The monoisotopic (exact) mass is 333 g/mol. The average Bonchev–Trinajstić information content (AvgIpc) is 3.13. The lowest BCUT2D eigenvalue weighted by molar-refractivity contribution is 0.193. The summed E-state index contributed by atoms with van der Waals surface area (Å²) in [5.74, 6) is 2.25. The van der Waals surface area contributed by atoms with E-state index < -0.39 is 0 Å². The minimum Gasteiger partial charge on any atom is -0.326 e. The molecule has 0 aliphatic heterocycles. The van der Waals surface area contributed by atoms with Gasteiger partial charge in [-0.25, -0.2) is 0 Å². The van der Waals surface area contributed by atoms with Gasteiger partial charge in [-0.1, -0.05) is 66.7 Å². The molecule has 0 aromatic heterocycles. The Morgan fingerprint density at radius 3 is 2.04 bits per heavy atom. The first kappa shape index (κ1) is 21.5. The van der Waals surface area contributed by atoms with Crippen LogP contribution in [-0.2, 0) is 0 Å². The van der Waals surface area contributed by atoms with Crippen molar-refractivity contribution >= 4 is 0 Å². The highest BCUT2D eigenvalue weighted by atomic mass is 14.7. The molecule has 0 radical (unpaired) electrons. The third kappa shape index (κ3) is 7.13. The van der Waals surface area contributed by atoms with Crippen LogP contribution in [0.1, 0.15) is 88.0 Å². The lowest BCUT2D eigenvalue weighted by atomic mass is 9.73. The summed E-state index contributed by atoms with van der Waals surface area (Å²) < 4.78 is 0. The zero-order valence-corrected chi connectivity index (χ0v) is 17.9. The predicted octanol–water partition coefficient (Wildman–Crippen LogP) is 6.74. The molecule has 2 N–H and O–H groups in total. The molecule has 1 saturated carbocycles. The predicted molar refractivity (Wildman–Crippen MR) is 109 cm³/mol. The minimum atomic E-state index is -0.0955. The Morgan fingerprint density at radius 2 is 1.67 bits per heavy atom. The minimum absolute atomic E-state index is 0.0955. The van der Waals surface area contributed by atoms with Crippen LogP contribution in [0.15, 0.2) is 23.8 Å². The number of hydrogen-bond acceptors (Lipinski definition) is 1. The fourth-order valence-corrected chi connectivity index (χ4v) is 3.85. The van der Waals surface area contributed by atoms with E-state index in [1.807, 2.05) is 0 Å². The molecule has 3 unspecified atom stereocenters. The second kappa shape index (κ2) is 7.77. The van der Waals surface area contributed by atoms with E-state index in [1.165, 1.54) is 6.42 Å². The van der Waals surface area contributed by atoms with E-state index in [4.69, 9.17) is 5.73 Å². The molecule has 1 rings (SSSR count). The molecule has 0 amide bonds. The van der Waals surface area contributed by atoms with Crippen LogP contribution in [0.5, 0.6) is 0 Å². The van der Waals surface area contributed by atoms with Crippen LogP contribution in [0.4, 0.5) is 0 Å². The quantitative estimate of drug-likeness (QED) is 0.513. The Bertz CT molecular complexity index is 448. The lowest BCUT2D eigenvalue weighted by Gasteiger charge is -2.35. The molecule has 1 nitrogen and oxygen atoms in total. The first-order chi connectivity index (χ1) is 10.8. The number of rotatable bonds is 7. The van der Waals surface area contributed by atoms with Gasteiger partial charge < -0.3 is 5.73 Å². The Balaban J connectivity index is 2.75. The van der Waals surface area contributed by atoms with E-state index in [9.17, 15) is 0 Å². The third-order valence-electron chi connectivity index (χ3n) is 5.50. The van der Waals surface area contributed by atoms with Gasteiger partial charge in [-0.2, -0.15) is 0 Å². The standard InChI is InChI=1S/C23H43N/c1-10-12-17(19-15-20(19)22(5,6)7)13-11-14-18(21(2,3)4)16-23(8,9)24/h11-13,18-20H,10,14-16,24H2,1-9H3. The molecule has 0 spiro atoms. The summed E-state index contributed by atoms with van der Waals surface area (Å²) in [5.41, 5.74) is 8.50. The van der Waals surface area contributed by atoms with E-state index >= 15 is 0 Å². The van der Waals surface area contributed by atoms with Gasteiger partial charge in [0, 0.05) is 5.54 Å². The van der Waals surface area contributed by atoms with Gasteiger partial charge in [0.15, 0.2) is 0 Å². The maximum Gasteiger partial charge on any atom is 0.01000 e. The van der Waals surface area contributed by atoms with Crippen molar-refractivity contribution in [3.8, 4) is 0 Å². The summed E-state index contributed by atoms with van der Waals surface area (Å²) in [4.78, 5) is 0. The Labute approximate surface area is 152 Å². The molecule has 3 atom stereocenters. The second-order valence-electron chi connectivity index (χ2n) is 10.8. The summed E-state index contributed by atoms with van der Waals surface area (Å²) in [6, 6.07) is 0. The topological polar surface area (TPSA) is 26.0 Å². The Kier molecular flexibility index (Phi) is 6.95. The maximum absolute atomic E-state index is 6.30. The van der Waals surface area contributed by atoms with Crippen molar-refractivity contribution in [3.63, 3.8) is 0 Å². The van der Waals surface area contributed by atoms with Gasteiger partial charge in [-0.05, 0) is 73.7 Å². The van der Waals surface area contributed by atoms with Gasteiger partial charge in [0.25, 0.3) is 0 Å². The van der Waals surface area contributed by atoms with Crippen LogP contribution in [0.3, 0.4) is 0 Å². The third-order valence-corrected chi connectivity index (χ3v) is 5.50. The Morgan fingerprint density at radius 1 is 1.08 bits per heavy atom. The van der Waals surface area contributed by atoms with Gasteiger partial charge in [-0.15, -0.1) is 0 Å². The van der Waals surface area contributed by atoms with E-state index in [2.05, 4.69) is 80.5 Å². The second-order valence-corrected chi connectivity index (χ2v) is 10.8. The first-order valence-corrected chi connectivity index (χ1v) is 9.91. The SMILES string of the molecule is CCC=C(C=CCC(CC(C)(C)N)C(C)(C)C)C1CC1C(C)(C)C. The highest BCUT2D eigenvalue weighted by Gasteiger charge is 2.46. The van der Waals surface area contributed by atoms with E-state index in [-0.39, 0.29) is 5.54 Å². The van der Waals surface area contributed by atoms with Crippen LogP contribution < -0.4 is 5.73 Å². The van der Waals surface area contributed by atoms with Crippen LogP contribution in [0, 0.1) is 28.6 Å². The van der Waals surface area contributed by atoms with Gasteiger partial charge in [-0.3, -0.25) is 0 Å². The summed E-state index contributed by atoms with van der Waals surface area (Å²) in [7, 11) is 0. The smallest absolute Gasteiger partial charge is 0.01000 e. The normalized spacial score (nSPS) is 24.5. The fraction of sp³-hybridized carbons (Fsp3) is 0.826. The molecule has 0 aromatic carbocycles. The fourth-order valence-electron chi connectivity index (χ4n) is 3.85. The van der Waals surface area contributed by atoms with Crippen molar-refractivity contribution in [2.75, 3.05) is 0 Å². The van der Waals surface area contributed by atoms with Gasteiger partial charge in [0.05, 0.1) is 0 Å². The maximum atomic E-state index is 6.30.